The van der Waals surface area contributed by atoms with E-state index in [2.05, 4.69) is 4.74 Å². The van der Waals surface area contributed by atoms with Crippen molar-refractivity contribution in [1.82, 2.24) is 0 Å². The van der Waals surface area contributed by atoms with E-state index in [1.54, 1.807) is 6.92 Å². The van der Waals surface area contributed by atoms with Crippen molar-refractivity contribution in [3.63, 3.8) is 0 Å². The first-order valence-corrected chi connectivity index (χ1v) is 2.15. The van der Waals surface area contributed by atoms with E-state index in [9.17, 15) is 0 Å². The molecule has 0 saturated heterocycles. The molecule has 1 unspecified atom stereocenters. The van der Waals surface area contributed by atoms with Crippen molar-refractivity contribution in [2.24, 2.45) is 5.73 Å². The molecule has 0 aliphatic rings. The molecule has 3 N–H and O–H groups in total. The zero-order chi connectivity index (χ0) is 5.86. The molecule has 0 saturated carbocycles. The van der Waals surface area contributed by atoms with Crippen LogP contribution >= 0.6 is 0 Å². The molecular formula is C4H11NO2. The van der Waals surface area contributed by atoms with Gasteiger partial charge in [-0.25, -0.2) is 0 Å². The highest BCUT2D eigenvalue weighted by molar-refractivity contribution is 4.52. The highest BCUT2D eigenvalue weighted by Gasteiger charge is 2.04. The smallest absolute Gasteiger partial charge is 0.169 e. The van der Waals surface area contributed by atoms with Gasteiger partial charge >= 0.3 is 0 Å². The van der Waals surface area contributed by atoms with Crippen molar-refractivity contribution < 1.29 is 9.84 Å². The molecule has 0 aliphatic heterocycles. The van der Waals surface area contributed by atoms with Gasteiger partial charge < -0.3 is 15.6 Å². The van der Waals surface area contributed by atoms with Crippen molar-refractivity contribution in [3.8, 4) is 0 Å². The molecule has 2 atom stereocenters. The molecule has 0 spiro atoms. The summed E-state index contributed by atoms with van der Waals surface area (Å²) < 4.78 is 4.44. The molecule has 0 rings (SSSR count). The highest BCUT2D eigenvalue weighted by atomic mass is 16.6. The number of ether oxygens (including phenoxy) is 1. The predicted molar refractivity (Wildman–Crippen MR) is 26.7 cm³/mol. The highest BCUT2D eigenvalue weighted by Crippen LogP contribution is 1.85. The van der Waals surface area contributed by atoms with Gasteiger partial charge in [0, 0.05) is 7.11 Å². The molecule has 0 bridgehead atoms. The second-order valence-electron chi connectivity index (χ2n) is 1.49. The van der Waals surface area contributed by atoms with E-state index in [0.29, 0.717) is 0 Å². The Balaban J connectivity index is 3.14. The molecule has 3 heteroatoms. The number of methoxy groups -OCH3 is 1. The lowest BCUT2D eigenvalue weighted by molar-refractivity contribution is -0.0856. The number of aliphatic hydroxyl groups excluding tert-OH is 1. The summed E-state index contributed by atoms with van der Waals surface area (Å²) in [6.07, 6.45) is -0.819. The Labute approximate surface area is 43.1 Å². The third-order valence-corrected chi connectivity index (χ3v) is 0.691. The fourth-order valence-electron chi connectivity index (χ4n) is 0.215. The van der Waals surface area contributed by atoms with Gasteiger partial charge in [-0.1, -0.05) is 0 Å². The van der Waals surface area contributed by atoms with E-state index in [1.807, 2.05) is 0 Å². The SMILES string of the molecule is COC(O)[C@@H](C)N. The number of rotatable bonds is 2. The lowest BCUT2D eigenvalue weighted by Gasteiger charge is -2.10. The lowest BCUT2D eigenvalue weighted by Crippen LogP contribution is -2.32. The van der Waals surface area contributed by atoms with Crippen molar-refractivity contribution in [2.45, 2.75) is 19.3 Å². The quantitative estimate of drug-likeness (QED) is 0.456. The normalized spacial score (nSPS) is 18.9. The molecule has 0 aromatic carbocycles. The summed E-state index contributed by atoms with van der Waals surface area (Å²) in [6.45, 7) is 1.67. The predicted octanol–water partition coefficient (Wildman–Crippen LogP) is -0.702. The largest absolute Gasteiger partial charge is 0.367 e. The summed E-state index contributed by atoms with van der Waals surface area (Å²) in [5, 5.41) is 8.59. The van der Waals surface area contributed by atoms with Crippen molar-refractivity contribution in [1.29, 1.82) is 0 Å². The fourth-order valence-corrected chi connectivity index (χ4v) is 0.215. The maximum atomic E-state index is 8.59. The Kier molecular flexibility index (Phi) is 2.91. The maximum Gasteiger partial charge on any atom is 0.169 e. The zero-order valence-corrected chi connectivity index (χ0v) is 4.59. The van der Waals surface area contributed by atoms with Crippen molar-refractivity contribution in [2.75, 3.05) is 7.11 Å². The number of hydrogen-bond acceptors (Lipinski definition) is 3. The third-order valence-electron chi connectivity index (χ3n) is 0.691. The first-order chi connectivity index (χ1) is 3.18. The molecule has 0 heterocycles. The van der Waals surface area contributed by atoms with Crippen LogP contribution in [-0.4, -0.2) is 24.5 Å². The standard InChI is InChI=1S/C4H11NO2/c1-3(5)4(6)7-2/h3-4,6H,5H2,1-2H3/t3-,4?/m1/s1. The molecule has 3 nitrogen and oxygen atoms in total. The second kappa shape index (κ2) is 2.96. The van der Waals surface area contributed by atoms with Crippen LogP contribution in [0.5, 0.6) is 0 Å². The van der Waals surface area contributed by atoms with E-state index in [1.165, 1.54) is 7.11 Å². The maximum absolute atomic E-state index is 8.59. The molecule has 0 fully saturated rings. The minimum Gasteiger partial charge on any atom is -0.367 e. The lowest BCUT2D eigenvalue weighted by atomic mass is 10.4. The van der Waals surface area contributed by atoms with Crippen LogP contribution in [0, 0.1) is 0 Å². The minimum absolute atomic E-state index is 0.301. The van der Waals surface area contributed by atoms with Gasteiger partial charge in [0.05, 0.1) is 6.04 Å². The van der Waals surface area contributed by atoms with Gasteiger partial charge in [-0.05, 0) is 6.92 Å². The van der Waals surface area contributed by atoms with E-state index >= 15 is 0 Å². The van der Waals surface area contributed by atoms with Crippen LogP contribution in [0.15, 0.2) is 0 Å². The van der Waals surface area contributed by atoms with Crippen LogP contribution in [-0.2, 0) is 4.74 Å². The molecule has 7 heavy (non-hydrogen) atoms. The monoisotopic (exact) mass is 105 g/mol. The van der Waals surface area contributed by atoms with E-state index in [-0.39, 0.29) is 6.04 Å². The fraction of sp³-hybridized carbons (Fsp3) is 1.00. The summed E-state index contributed by atoms with van der Waals surface area (Å²) in [7, 11) is 1.41. The molecule has 0 aromatic heterocycles. The zero-order valence-electron chi connectivity index (χ0n) is 4.59. The van der Waals surface area contributed by atoms with Gasteiger partial charge in [-0.3, -0.25) is 0 Å². The van der Waals surface area contributed by atoms with Gasteiger partial charge in [-0.2, -0.15) is 0 Å². The first-order valence-electron chi connectivity index (χ1n) is 2.15. The van der Waals surface area contributed by atoms with Crippen LogP contribution in [0.1, 0.15) is 6.92 Å². The summed E-state index contributed by atoms with van der Waals surface area (Å²) in [4.78, 5) is 0. The van der Waals surface area contributed by atoms with E-state index < -0.39 is 6.29 Å². The minimum atomic E-state index is -0.819. The van der Waals surface area contributed by atoms with Crippen molar-refractivity contribution in [3.05, 3.63) is 0 Å². The molecule has 0 radical (unpaired) electrons. The van der Waals surface area contributed by atoms with Gasteiger partial charge in [0.25, 0.3) is 0 Å². The first kappa shape index (κ1) is 6.88. The molecule has 44 valence electrons. The Morgan fingerprint density at radius 1 is 1.71 bits per heavy atom. The molecule has 0 aromatic rings. The molecular weight excluding hydrogens is 94.0 g/mol. The topological polar surface area (TPSA) is 55.5 Å². The third kappa shape index (κ3) is 2.56. The average molecular weight is 105 g/mol. The van der Waals surface area contributed by atoms with Gasteiger partial charge in [0.2, 0.25) is 0 Å². The van der Waals surface area contributed by atoms with Crippen LogP contribution in [0.3, 0.4) is 0 Å². The Bertz CT molecular complexity index is 47.0. The van der Waals surface area contributed by atoms with Gasteiger partial charge in [0.15, 0.2) is 6.29 Å². The Hall–Kier alpha value is -0.120. The average Bonchev–Trinajstić information content (AvgIpc) is 1.65. The number of aliphatic hydroxyl groups is 1. The second-order valence-corrected chi connectivity index (χ2v) is 1.49. The van der Waals surface area contributed by atoms with E-state index in [0.717, 1.165) is 0 Å². The van der Waals surface area contributed by atoms with Crippen LogP contribution in [0.2, 0.25) is 0 Å². The van der Waals surface area contributed by atoms with Gasteiger partial charge in [-0.15, -0.1) is 0 Å². The number of nitrogens with two attached hydrogens (primary N) is 1. The summed E-state index contributed by atoms with van der Waals surface area (Å²) in [5.74, 6) is 0. The van der Waals surface area contributed by atoms with E-state index in [4.69, 9.17) is 10.8 Å². The summed E-state index contributed by atoms with van der Waals surface area (Å²) in [6, 6.07) is -0.301. The Morgan fingerprint density at radius 3 is 2.14 bits per heavy atom. The van der Waals surface area contributed by atoms with Crippen molar-refractivity contribution >= 4 is 0 Å². The van der Waals surface area contributed by atoms with Crippen LogP contribution in [0.4, 0.5) is 0 Å². The molecule has 0 amide bonds. The number of hydrogen-bond donors (Lipinski definition) is 2. The Morgan fingerprint density at radius 2 is 2.14 bits per heavy atom. The van der Waals surface area contributed by atoms with Gasteiger partial charge in [0.1, 0.15) is 0 Å². The summed E-state index contributed by atoms with van der Waals surface area (Å²) in [5.41, 5.74) is 5.17. The summed E-state index contributed by atoms with van der Waals surface area (Å²) >= 11 is 0. The molecule has 0 aliphatic carbocycles. The van der Waals surface area contributed by atoms with Crippen LogP contribution in [0.25, 0.3) is 0 Å². The van der Waals surface area contributed by atoms with Crippen LogP contribution < -0.4 is 5.73 Å².